The van der Waals surface area contributed by atoms with Crippen LogP contribution in [0.5, 0.6) is 0 Å². The van der Waals surface area contributed by atoms with Crippen LogP contribution in [0.2, 0.25) is 0 Å². The van der Waals surface area contributed by atoms with E-state index in [0.29, 0.717) is 0 Å². The topological polar surface area (TPSA) is 89.6 Å². The second-order valence-electron chi connectivity index (χ2n) is 4.42. The van der Waals surface area contributed by atoms with Crippen molar-refractivity contribution in [2.75, 3.05) is 0 Å². The second-order valence-corrected chi connectivity index (χ2v) is 4.42. The molecule has 0 saturated carbocycles. The summed E-state index contributed by atoms with van der Waals surface area (Å²) < 4.78 is 4.96. The number of rotatable bonds is 4. The Morgan fingerprint density at radius 2 is 2.00 bits per heavy atom. The van der Waals surface area contributed by atoms with Crippen molar-refractivity contribution in [2.45, 2.75) is 38.8 Å². The standard InChI is InChI=1S/C11H17NO4/c1-5-6-7(12)8(9(13)14)10(15)16-11(2,3)4/h1,7-8H,6,12H2,2-4H3,(H,13,14)/t7?,8-/m1/s1. The number of carbonyl (C=O) groups is 2. The number of esters is 1. The number of hydrogen-bond donors (Lipinski definition) is 2. The van der Waals surface area contributed by atoms with Crippen molar-refractivity contribution < 1.29 is 19.4 Å². The van der Waals surface area contributed by atoms with Crippen molar-refractivity contribution in [2.24, 2.45) is 11.7 Å². The lowest BCUT2D eigenvalue weighted by atomic mass is 9.98. The molecule has 0 aromatic heterocycles. The van der Waals surface area contributed by atoms with Gasteiger partial charge in [-0.05, 0) is 20.8 Å². The van der Waals surface area contributed by atoms with Gasteiger partial charge in [-0.1, -0.05) is 0 Å². The van der Waals surface area contributed by atoms with Crippen LogP contribution in [0.15, 0.2) is 0 Å². The minimum absolute atomic E-state index is 0.0101. The van der Waals surface area contributed by atoms with Crippen LogP contribution in [-0.2, 0) is 14.3 Å². The van der Waals surface area contributed by atoms with E-state index in [1.807, 2.05) is 0 Å². The van der Waals surface area contributed by atoms with E-state index in [9.17, 15) is 9.59 Å². The first-order valence-electron chi connectivity index (χ1n) is 4.83. The van der Waals surface area contributed by atoms with Crippen LogP contribution in [-0.4, -0.2) is 28.7 Å². The summed E-state index contributed by atoms with van der Waals surface area (Å²) in [5.74, 6) is -1.38. The average Bonchev–Trinajstić information content (AvgIpc) is 1.99. The van der Waals surface area contributed by atoms with E-state index < -0.39 is 29.5 Å². The Balaban J connectivity index is 4.75. The normalized spacial score (nSPS) is 14.7. The quantitative estimate of drug-likeness (QED) is 0.411. The molecule has 0 aliphatic rings. The number of carboxylic acids is 1. The summed E-state index contributed by atoms with van der Waals surface area (Å²) in [6, 6.07) is -0.933. The van der Waals surface area contributed by atoms with Gasteiger partial charge in [-0.2, -0.15) is 0 Å². The third-order valence-electron chi connectivity index (χ3n) is 1.71. The van der Waals surface area contributed by atoms with Crippen molar-refractivity contribution in [1.82, 2.24) is 0 Å². The lowest BCUT2D eigenvalue weighted by Crippen LogP contribution is -2.43. The highest BCUT2D eigenvalue weighted by Gasteiger charge is 2.35. The van der Waals surface area contributed by atoms with E-state index in [4.69, 9.17) is 22.0 Å². The minimum atomic E-state index is -1.42. The largest absolute Gasteiger partial charge is 0.481 e. The van der Waals surface area contributed by atoms with Gasteiger partial charge in [0.15, 0.2) is 5.92 Å². The molecular weight excluding hydrogens is 210 g/mol. The fraction of sp³-hybridized carbons (Fsp3) is 0.636. The van der Waals surface area contributed by atoms with Crippen LogP contribution in [0.25, 0.3) is 0 Å². The fourth-order valence-electron chi connectivity index (χ4n) is 1.08. The number of hydrogen-bond acceptors (Lipinski definition) is 4. The Kier molecular flexibility index (Phi) is 4.99. The van der Waals surface area contributed by atoms with Crippen molar-refractivity contribution >= 4 is 11.9 Å². The lowest BCUT2D eigenvalue weighted by Gasteiger charge is -2.24. The van der Waals surface area contributed by atoms with Gasteiger partial charge in [-0.15, -0.1) is 12.3 Å². The monoisotopic (exact) mass is 227 g/mol. The number of ether oxygens (including phenoxy) is 1. The number of carbonyl (C=O) groups excluding carboxylic acids is 1. The molecule has 0 heterocycles. The van der Waals surface area contributed by atoms with Crippen molar-refractivity contribution in [3.63, 3.8) is 0 Å². The smallest absolute Gasteiger partial charge is 0.322 e. The molecule has 0 fully saturated rings. The van der Waals surface area contributed by atoms with Gasteiger partial charge in [-0.25, -0.2) is 0 Å². The van der Waals surface area contributed by atoms with E-state index in [0.717, 1.165) is 0 Å². The summed E-state index contributed by atoms with van der Waals surface area (Å²) in [4.78, 5) is 22.5. The van der Waals surface area contributed by atoms with E-state index in [1.54, 1.807) is 20.8 Å². The van der Waals surface area contributed by atoms with Gasteiger partial charge < -0.3 is 15.6 Å². The second kappa shape index (κ2) is 5.52. The number of terminal acetylenes is 1. The lowest BCUT2D eigenvalue weighted by molar-refractivity contribution is -0.167. The molecule has 0 aliphatic carbocycles. The predicted octanol–water partition coefficient (Wildman–Crippen LogP) is 0.379. The third-order valence-corrected chi connectivity index (χ3v) is 1.71. The van der Waals surface area contributed by atoms with Gasteiger partial charge in [0.2, 0.25) is 0 Å². The molecule has 2 atom stereocenters. The summed E-state index contributed by atoms with van der Waals surface area (Å²) in [6.45, 7) is 4.95. The zero-order chi connectivity index (χ0) is 12.9. The summed E-state index contributed by atoms with van der Waals surface area (Å²) in [5, 5.41) is 8.89. The first kappa shape index (κ1) is 14.5. The molecule has 0 radical (unpaired) electrons. The molecule has 0 amide bonds. The van der Waals surface area contributed by atoms with Crippen molar-refractivity contribution in [1.29, 1.82) is 0 Å². The molecule has 1 unspecified atom stereocenters. The Labute approximate surface area is 95.0 Å². The molecule has 0 aromatic carbocycles. The summed E-state index contributed by atoms with van der Waals surface area (Å²) in [7, 11) is 0. The first-order chi connectivity index (χ1) is 7.19. The van der Waals surface area contributed by atoms with Crippen LogP contribution >= 0.6 is 0 Å². The maximum absolute atomic E-state index is 11.6. The van der Waals surface area contributed by atoms with Gasteiger partial charge in [-0.3, -0.25) is 9.59 Å². The molecule has 0 aliphatic heterocycles. The van der Waals surface area contributed by atoms with E-state index in [1.165, 1.54) is 0 Å². The molecular formula is C11H17NO4. The van der Waals surface area contributed by atoms with Gasteiger partial charge in [0, 0.05) is 12.5 Å². The fourth-order valence-corrected chi connectivity index (χ4v) is 1.08. The van der Waals surface area contributed by atoms with E-state index in [-0.39, 0.29) is 6.42 Å². The molecule has 90 valence electrons. The number of aliphatic carboxylic acids is 1. The molecule has 0 bridgehead atoms. The van der Waals surface area contributed by atoms with Gasteiger partial charge in [0.05, 0.1) is 0 Å². The molecule has 0 spiro atoms. The third kappa shape index (κ3) is 4.80. The summed E-state index contributed by atoms with van der Waals surface area (Å²) in [6.07, 6.45) is 5.03. The van der Waals surface area contributed by atoms with Crippen LogP contribution in [0.4, 0.5) is 0 Å². The molecule has 16 heavy (non-hydrogen) atoms. The molecule has 0 rings (SSSR count). The SMILES string of the molecule is C#CCC(N)[C@H](C(=O)O)C(=O)OC(C)(C)C. The molecule has 0 saturated heterocycles. The van der Waals surface area contributed by atoms with E-state index in [2.05, 4.69) is 5.92 Å². The minimum Gasteiger partial charge on any atom is -0.481 e. The Bertz CT molecular complexity index is 311. The molecule has 3 N–H and O–H groups in total. The van der Waals surface area contributed by atoms with Gasteiger partial charge >= 0.3 is 11.9 Å². The Morgan fingerprint density at radius 1 is 1.50 bits per heavy atom. The van der Waals surface area contributed by atoms with Gasteiger partial charge in [0.1, 0.15) is 5.60 Å². The zero-order valence-electron chi connectivity index (χ0n) is 9.69. The molecule has 0 aromatic rings. The zero-order valence-corrected chi connectivity index (χ0v) is 9.69. The first-order valence-corrected chi connectivity index (χ1v) is 4.83. The van der Waals surface area contributed by atoms with Crippen molar-refractivity contribution in [3.05, 3.63) is 0 Å². The predicted molar refractivity (Wildman–Crippen MR) is 58.4 cm³/mol. The van der Waals surface area contributed by atoms with Crippen LogP contribution in [0.1, 0.15) is 27.2 Å². The van der Waals surface area contributed by atoms with Crippen LogP contribution in [0, 0.1) is 18.3 Å². The highest BCUT2D eigenvalue weighted by Crippen LogP contribution is 2.14. The molecule has 5 nitrogen and oxygen atoms in total. The Hall–Kier alpha value is -1.54. The maximum atomic E-state index is 11.6. The molecule has 5 heteroatoms. The average molecular weight is 227 g/mol. The maximum Gasteiger partial charge on any atom is 0.322 e. The number of carboxylic acid groups (broad SMARTS) is 1. The van der Waals surface area contributed by atoms with Crippen molar-refractivity contribution in [3.8, 4) is 12.3 Å². The Morgan fingerprint density at radius 3 is 2.31 bits per heavy atom. The summed E-state index contributed by atoms with van der Waals surface area (Å²) >= 11 is 0. The number of nitrogens with two attached hydrogens (primary N) is 1. The van der Waals surface area contributed by atoms with Crippen LogP contribution < -0.4 is 5.73 Å². The summed E-state index contributed by atoms with van der Waals surface area (Å²) in [5.41, 5.74) is 4.78. The highest BCUT2D eigenvalue weighted by atomic mass is 16.6. The van der Waals surface area contributed by atoms with E-state index >= 15 is 0 Å². The van der Waals surface area contributed by atoms with Crippen LogP contribution in [0.3, 0.4) is 0 Å². The van der Waals surface area contributed by atoms with Gasteiger partial charge in [0.25, 0.3) is 0 Å². The highest BCUT2D eigenvalue weighted by molar-refractivity contribution is 5.95.